The average molecular weight is 559 g/mol. The molecule has 0 radical (unpaired) electrons. The highest BCUT2D eigenvalue weighted by molar-refractivity contribution is 7.07. The number of carbonyl (C=O) groups is 2. The Kier molecular flexibility index (Phi) is 7.52. The van der Waals surface area contributed by atoms with Gasteiger partial charge in [-0.15, -0.1) is 0 Å². The van der Waals surface area contributed by atoms with E-state index in [4.69, 9.17) is 19.0 Å². The molecule has 1 N–H and O–H groups in total. The van der Waals surface area contributed by atoms with E-state index >= 15 is 0 Å². The van der Waals surface area contributed by atoms with Crippen LogP contribution >= 0.6 is 11.3 Å². The van der Waals surface area contributed by atoms with Crippen LogP contribution in [0.4, 0.5) is 0 Å². The van der Waals surface area contributed by atoms with Gasteiger partial charge in [0.15, 0.2) is 4.80 Å². The number of fused-ring (bicyclic) bond motifs is 1. The minimum atomic E-state index is -1.01. The summed E-state index contributed by atoms with van der Waals surface area (Å²) in [5.41, 5.74) is 1.94. The number of thiazole rings is 1. The van der Waals surface area contributed by atoms with Crippen molar-refractivity contribution in [1.82, 2.24) is 4.57 Å². The molecule has 40 heavy (non-hydrogen) atoms. The topological polar surface area (TPSA) is 120 Å². The van der Waals surface area contributed by atoms with Crippen molar-refractivity contribution in [2.24, 2.45) is 4.99 Å². The predicted molar refractivity (Wildman–Crippen MR) is 149 cm³/mol. The Labute approximate surface area is 232 Å². The first-order valence-electron chi connectivity index (χ1n) is 12.7. The molecule has 3 heterocycles. The summed E-state index contributed by atoms with van der Waals surface area (Å²) in [4.78, 5) is 43.2. The monoisotopic (exact) mass is 558 g/mol. The largest absolute Gasteiger partial charge is 0.494 e. The van der Waals surface area contributed by atoms with Crippen LogP contribution in [0.15, 0.2) is 86.1 Å². The zero-order valence-electron chi connectivity index (χ0n) is 22.0. The lowest BCUT2D eigenvalue weighted by Crippen LogP contribution is -2.40. The minimum absolute atomic E-state index is 0.176. The molecule has 0 bridgehead atoms. The third kappa shape index (κ3) is 5.01. The number of carboxylic acids is 1. The van der Waals surface area contributed by atoms with Gasteiger partial charge in [0.05, 0.1) is 34.6 Å². The zero-order chi connectivity index (χ0) is 28.4. The number of carbonyl (C=O) groups excluding carboxylic acids is 1. The standard InChI is InChI=1S/C30H26N2O7S/c1-4-37-23-9-7-6-8-21(23)26-25(29(36)38-5-2)17(3)31-30-32(26)27(33)24(40-30)16-20-14-15-22(39-20)18-10-12-19(13-11-18)28(34)35/h6-16,26H,4-5H2,1-3H3,(H,34,35)/b24-16-/t26-/m0/s1. The van der Waals surface area contributed by atoms with E-state index in [9.17, 15) is 14.4 Å². The first kappa shape index (κ1) is 26.9. The number of esters is 1. The fraction of sp³-hybridized carbons (Fsp3) is 0.200. The van der Waals surface area contributed by atoms with E-state index in [0.29, 0.717) is 50.0 Å². The summed E-state index contributed by atoms with van der Waals surface area (Å²) in [6, 6.07) is 16.3. The number of ether oxygens (including phenoxy) is 2. The molecule has 9 nitrogen and oxygen atoms in total. The summed E-state index contributed by atoms with van der Waals surface area (Å²) in [5.74, 6) is -0.0229. The van der Waals surface area contributed by atoms with Crippen molar-refractivity contribution in [3.05, 3.63) is 109 Å². The Bertz CT molecular complexity index is 1810. The molecule has 0 fully saturated rings. The summed E-state index contributed by atoms with van der Waals surface area (Å²) in [5, 5.41) is 9.13. The Morgan fingerprint density at radius 1 is 1.07 bits per heavy atom. The lowest BCUT2D eigenvalue weighted by molar-refractivity contribution is -0.139. The number of aromatic nitrogens is 1. The van der Waals surface area contributed by atoms with Crippen LogP contribution in [0.25, 0.3) is 17.4 Å². The molecule has 2 aromatic carbocycles. The lowest BCUT2D eigenvalue weighted by Gasteiger charge is -2.26. The second kappa shape index (κ2) is 11.2. The first-order chi connectivity index (χ1) is 19.3. The van der Waals surface area contributed by atoms with Gasteiger partial charge in [-0.2, -0.15) is 0 Å². The Balaban J connectivity index is 1.62. The minimum Gasteiger partial charge on any atom is -0.494 e. The van der Waals surface area contributed by atoms with Crippen molar-refractivity contribution >= 4 is 29.4 Å². The van der Waals surface area contributed by atoms with Gasteiger partial charge in [-0.3, -0.25) is 9.36 Å². The van der Waals surface area contributed by atoms with Crippen molar-refractivity contribution in [2.45, 2.75) is 26.8 Å². The predicted octanol–water partition coefficient (Wildman–Crippen LogP) is 4.16. The molecule has 5 rings (SSSR count). The fourth-order valence-corrected chi connectivity index (χ4v) is 5.60. The number of hydrogen-bond donors (Lipinski definition) is 1. The normalized spacial score (nSPS) is 15.0. The van der Waals surface area contributed by atoms with Crippen LogP contribution in [0.2, 0.25) is 0 Å². The molecule has 0 saturated carbocycles. The molecule has 0 spiro atoms. The maximum Gasteiger partial charge on any atom is 0.338 e. The van der Waals surface area contributed by atoms with Crippen LogP contribution in [0, 0.1) is 0 Å². The molecule has 0 unspecified atom stereocenters. The zero-order valence-corrected chi connectivity index (χ0v) is 22.9. The number of furan rings is 1. The molecule has 1 atom stereocenters. The smallest absolute Gasteiger partial charge is 0.338 e. The van der Waals surface area contributed by atoms with E-state index in [1.807, 2.05) is 25.1 Å². The van der Waals surface area contributed by atoms with Crippen LogP contribution in [0.5, 0.6) is 5.75 Å². The molecule has 0 aliphatic carbocycles. The lowest BCUT2D eigenvalue weighted by atomic mass is 9.95. The molecule has 0 saturated heterocycles. The van der Waals surface area contributed by atoms with Crippen molar-refractivity contribution in [1.29, 1.82) is 0 Å². The van der Waals surface area contributed by atoms with Crippen LogP contribution < -0.4 is 19.6 Å². The van der Waals surface area contributed by atoms with Crippen LogP contribution in [-0.4, -0.2) is 34.8 Å². The third-order valence-corrected chi connectivity index (χ3v) is 7.33. The van der Waals surface area contributed by atoms with Gasteiger partial charge in [0.1, 0.15) is 23.3 Å². The quantitative estimate of drug-likeness (QED) is 0.323. The highest BCUT2D eigenvalue weighted by Gasteiger charge is 2.35. The molecule has 10 heteroatoms. The maximum absolute atomic E-state index is 13.9. The van der Waals surface area contributed by atoms with Crippen LogP contribution in [0.1, 0.15) is 48.5 Å². The number of carboxylic acid groups (broad SMARTS) is 1. The van der Waals surface area contributed by atoms with Gasteiger partial charge in [-0.25, -0.2) is 14.6 Å². The molecule has 0 amide bonds. The van der Waals surface area contributed by atoms with Crippen molar-refractivity contribution in [3.8, 4) is 17.1 Å². The van der Waals surface area contributed by atoms with Crippen molar-refractivity contribution < 1.29 is 28.6 Å². The van der Waals surface area contributed by atoms with E-state index in [-0.39, 0.29) is 23.3 Å². The van der Waals surface area contributed by atoms with Crippen LogP contribution in [-0.2, 0) is 9.53 Å². The van der Waals surface area contributed by atoms with E-state index < -0.39 is 18.0 Å². The van der Waals surface area contributed by atoms with E-state index in [1.54, 1.807) is 50.3 Å². The summed E-state index contributed by atoms with van der Waals surface area (Å²) in [7, 11) is 0. The fourth-order valence-electron chi connectivity index (χ4n) is 4.57. The average Bonchev–Trinajstić information content (AvgIpc) is 3.53. The number of aromatic carboxylic acids is 1. The molecular weight excluding hydrogens is 532 g/mol. The van der Waals surface area contributed by atoms with Gasteiger partial charge >= 0.3 is 11.9 Å². The Morgan fingerprint density at radius 3 is 2.52 bits per heavy atom. The van der Waals surface area contributed by atoms with E-state index in [0.717, 1.165) is 0 Å². The Hall–Kier alpha value is -4.70. The third-order valence-electron chi connectivity index (χ3n) is 6.35. The number of benzene rings is 2. The molecular formula is C30H26N2O7S. The van der Waals surface area contributed by atoms with Crippen molar-refractivity contribution in [3.63, 3.8) is 0 Å². The van der Waals surface area contributed by atoms with Gasteiger partial charge < -0.3 is 19.0 Å². The van der Waals surface area contributed by atoms with Gasteiger partial charge in [-0.1, -0.05) is 41.7 Å². The Morgan fingerprint density at radius 2 is 1.82 bits per heavy atom. The number of nitrogens with zero attached hydrogens (tertiary/aromatic N) is 2. The van der Waals surface area contributed by atoms with E-state index in [1.165, 1.54) is 28.0 Å². The second-order valence-electron chi connectivity index (χ2n) is 8.86. The summed E-state index contributed by atoms with van der Waals surface area (Å²) < 4.78 is 19.1. The van der Waals surface area contributed by atoms with Gasteiger partial charge in [0, 0.05) is 17.2 Å². The first-order valence-corrected chi connectivity index (χ1v) is 13.5. The SMILES string of the molecule is CCOC(=O)C1=C(C)N=c2s/c(=C\c3ccc(-c4ccc(C(=O)O)cc4)o3)c(=O)n2[C@H]1c1ccccc1OCC. The number of para-hydroxylation sites is 1. The summed E-state index contributed by atoms with van der Waals surface area (Å²) >= 11 is 1.19. The summed E-state index contributed by atoms with van der Waals surface area (Å²) in [6.07, 6.45) is 1.63. The van der Waals surface area contributed by atoms with Crippen molar-refractivity contribution in [2.75, 3.05) is 13.2 Å². The molecule has 4 aromatic rings. The molecule has 1 aliphatic heterocycles. The number of allylic oxidation sites excluding steroid dienone is 1. The van der Waals surface area contributed by atoms with Gasteiger partial charge in [-0.05, 0) is 51.1 Å². The number of rotatable bonds is 8. The second-order valence-corrected chi connectivity index (χ2v) is 9.87. The van der Waals surface area contributed by atoms with Crippen LogP contribution in [0.3, 0.4) is 0 Å². The number of hydrogen-bond acceptors (Lipinski definition) is 8. The molecule has 1 aliphatic rings. The highest BCUT2D eigenvalue weighted by atomic mass is 32.1. The molecule has 2 aromatic heterocycles. The van der Waals surface area contributed by atoms with Gasteiger partial charge in [0.25, 0.3) is 5.56 Å². The summed E-state index contributed by atoms with van der Waals surface area (Å²) in [6.45, 7) is 5.92. The molecule has 204 valence electrons. The van der Waals surface area contributed by atoms with E-state index in [2.05, 4.69) is 4.99 Å². The maximum atomic E-state index is 13.9. The van der Waals surface area contributed by atoms with Gasteiger partial charge in [0.2, 0.25) is 0 Å². The highest BCUT2D eigenvalue weighted by Crippen LogP contribution is 2.35.